The molecule has 144 valence electrons. The van der Waals surface area contributed by atoms with Crippen molar-refractivity contribution in [2.24, 2.45) is 0 Å². The SMILES string of the molecule is CCC(C(=O)OC(=O)C(CC)c1cccc(OC)c1)c1cccc(OC)c1. The summed E-state index contributed by atoms with van der Waals surface area (Å²) in [5.74, 6) is -0.811. The lowest BCUT2D eigenvalue weighted by molar-refractivity contribution is -0.162. The molecule has 2 atom stereocenters. The van der Waals surface area contributed by atoms with Gasteiger partial charge in [0.1, 0.15) is 11.5 Å². The van der Waals surface area contributed by atoms with Crippen molar-refractivity contribution in [1.29, 1.82) is 0 Å². The molecule has 2 unspecified atom stereocenters. The van der Waals surface area contributed by atoms with Gasteiger partial charge in [0, 0.05) is 0 Å². The largest absolute Gasteiger partial charge is 0.497 e. The third-order valence-corrected chi connectivity index (χ3v) is 4.58. The molecule has 5 heteroatoms. The van der Waals surface area contributed by atoms with Crippen LogP contribution in [0.4, 0.5) is 0 Å². The highest BCUT2D eigenvalue weighted by Gasteiger charge is 2.28. The fourth-order valence-corrected chi connectivity index (χ4v) is 3.03. The molecule has 0 radical (unpaired) electrons. The Labute approximate surface area is 160 Å². The van der Waals surface area contributed by atoms with E-state index in [1.165, 1.54) is 0 Å². The van der Waals surface area contributed by atoms with Gasteiger partial charge in [-0.25, -0.2) is 0 Å². The minimum absolute atomic E-state index is 0.521. The molecule has 0 spiro atoms. The van der Waals surface area contributed by atoms with Crippen molar-refractivity contribution in [1.82, 2.24) is 0 Å². The van der Waals surface area contributed by atoms with Crippen LogP contribution in [0.3, 0.4) is 0 Å². The Bertz CT molecular complexity index is 718. The number of hydrogen-bond acceptors (Lipinski definition) is 5. The Morgan fingerprint density at radius 1 is 0.778 bits per heavy atom. The highest BCUT2D eigenvalue weighted by atomic mass is 16.6. The molecule has 0 amide bonds. The number of methoxy groups -OCH3 is 2. The highest BCUT2D eigenvalue weighted by molar-refractivity contribution is 5.92. The van der Waals surface area contributed by atoms with E-state index in [-0.39, 0.29) is 0 Å². The van der Waals surface area contributed by atoms with Gasteiger partial charge in [-0.05, 0) is 48.2 Å². The summed E-state index contributed by atoms with van der Waals surface area (Å²) in [4.78, 5) is 25.3. The van der Waals surface area contributed by atoms with Gasteiger partial charge in [0.15, 0.2) is 0 Å². The number of carbonyl (C=O) groups excluding carboxylic acids is 2. The van der Waals surface area contributed by atoms with Crippen LogP contribution in [-0.2, 0) is 14.3 Å². The minimum Gasteiger partial charge on any atom is -0.497 e. The molecular formula is C22H26O5. The number of esters is 2. The molecule has 0 bridgehead atoms. The van der Waals surface area contributed by atoms with E-state index in [0.29, 0.717) is 24.3 Å². The zero-order valence-corrected chi connectivity index (χ0v) is 16.2. The Balaban J connectivity index is 2.16. The predicted molar refractivity (Wildman–Crippen MR) is 103 cm³/mol. The predicted octanol–water partition coefficient (Wildman–Crippen LogP) is 4.46. The van der Waals surface area contributed by atoms with Crippen molar-refractivity contribution in [2.45, 2.75) is 38.5 Å². The van der Waals surface area contributed by atoms with Gasteiger partial charge in [0.25, 0.3) is 0 Å². The molecule has 0 fully saturated rings. The van der Waals surface area contributed by atoms with Gasteiger partial charge in [0.05, 0.1) is 26.1 Å². The van der Waals surface area contributed by atoms with Crippen LogP contribution in [-0.4, -0.2) is 26.2 Å². The first-order chi connectivity index (χ1) is 13.0. The Morgan fingerprint density at radius 2 is 1.19 bits per heavy atom. The van der Waals surface area contributed by atoms with E-state index in [0.717, 1.165) is 11.1 Å². The van der Waals surface area contributed by atoms with Crippen molar-refractivity contribution in [2.75, 3.05) is 14.2 Å². The highest BCUT2D eigenvalue weighted by Crippen LogP contribution is 2.28. The summed E-state index contributed by atoms with van der Waals surface area (Å²) in [5, 5.41) is 0. The van der Waals surface area contributed by atoms with Gasteiger partial charge >= 0.3 is 11.9 Å². The van der Waals surface area contributed by atoms with Gasteiger partial charge in [0.2, 0.25) is 0 Å². The summed E-state index contributed by atoms with van der Waals surface area (Å²) in [7, 11) is 3.14. The Morgan fingerprint density at radius 3 is 1.52 bits per heavy atom. The summed E-state index contributed by atoms with van der Waals surface area (Å²) >= 11 is 0. The molecule has 2 rings (SSSR count). The van der Waals surface area contributed by atoms with E-state index in [1.807, 2.05) is 50.2 Å². The molecule has 0 aliphatic heterocycles. The molecule has 27 heavy (non-hydrogen) atoms. The lowest BCUT2D eigenvalue weighted by Crippen LogP contribution is -2.23. The molecule has 0 aromatic heterocycles. The zero-order valence-electron chi connectivity index (χ0n) is 16.2. The molecule has 0 heterocycles. The molecule has 0 saturated heterocycles. The van der Waals surface area contributed by atoms with Crippen molar-refractivity contribution in [3.05, 3.63) is 59.7 Å². The van der Waals surface area contributed by atoms with Crippen LogP contribution < -0.4 is 9.47 Å². The van der Waals surface area contributed by atoms with Crippen molar-refractivity contribution < 1.29 is 23.8 Å². The van der Waals surface area contributed by atoms with Gasteiger partial charge < -0.3 is 14.2 Å². The molecule has 0 aliphatic carbocycles. The third kappa shape index (κ3) is 5.09. The second-order valence-corrected chi connectivity index (χ2v) is 6.22. The summed E-state index contributed by atoms with van der Waals surface area (Å²) < 4.78 is 15.7. The fraction of sp³-hybridized carbons (Fsp3) is 0.364. The number of rotatable bonds is 8. The van der Waals surface area contributed by atoms with Crippen LogP contribution in [0.5, 0.6) is 11.5 Å². The van der Waals surface area contributed by atoms with E-state index >= 15 is 0 Å². The maximum atomic E-state index is 12.7. The monoisotopic (exact) mass is 370 g/mol. The number of benzene rings is 2. The first kappa shape index (κ1) is 20.5. The molecular weight excluding hydrogens is 344 g/mol. The number of carbonyl (C=O) groups is 2. The standard InChI is InChI=1S/C22H26O5/c1-5-19(15-9-7-11-17(13-15)25-3)21(23)27-22(24)20(6-2)16-10-8-12-18(14-16)26-4/h7-14,19-20H,5-6H2,1-4H3. The third-order valence-electron chi connectivity index (χ3n) is 4.58. The van der Waals surface area contributed by atoms with Crippen molar-refractivity contribution in [3.8, 4) is 11.5 Å². The second-order valence-electron chi connectivity index (χ2n) is 6.22. The second kappa shape index (κ2) is 9.76. The lowest BCUT2D eigenvalue weighted by atomic mass is 9.95. The zero-order chi connectivity index (χ0) is 19.8. The van der Waals surface area contributed by atoms with Crippen LogP contribution in [0, 0.1) is 0 Å². The molecule has 0 aliphatic rings. The summed E-state index contributed by atoms with van der Waals surface area (Å²) in [6.07, 6.45) is 1.05. The van der Waals surface area contributed by atoms with Gasteiger partial charge in [-0.15, -0.1) is 0 Å². The van der Waals surface area contributed by atoms with Crippen LogP contribution in [0.15, 0.2) is 48.5 Å². The smallest absolute Gasteiger partial charge is 0.321 e. The van der Waals surface area contributed by atoms with Crippen molar-refractivity contribution in [3.63, 3.8) is 0 Å². The van der Waals surface area contributed by atoms with E-state index < -0.39 is 23.8 Å². The number of hydrogen-bond donors (Lipinski definition) is 0. The fourth-order valence-electron chi connectivity index (χ4n) is 3.03. The summed E-state index contributed by atoms with van der Waals surface area (Å²) in [6.45, 7) is 3.77. The first-order valence-corrected chi connectivity index (χ1v) is 9.07. The van der Waals surface area contributed by atoms with Gasteiger partial charge in [-0.2, -0.15) is 0 Å². The van der Waals surface area contributed by atoms with Crippen molar-refractivity contribution >= 4 is 11.9 Å². The quantitative estimate of drug-likeness (QED) is 0.507. The molecule has 5 nitrogen and oxygen atoms in total. The van der Waals surface area contributed by atoms with E-state index in [2.05, 4.69) is 0 Å². The summed E-state index contributed by atoms with van der Waals surface area (Å²) in [6, 6.07) is 14.5. The first-order valence-electron chi connectivity index (χ1n) is 9.07. The van der Waals surface area contributed by atoms with E-state index in [9.17, 15) is 9.59 Å². The van der Waals surface area contributed by atoms with Crippen LogP contribution in [0.25, 0.3) is 0 Å². The minimum atomic E-state index is -0.544. The van der Waals surface area contributed by atoms with Crippen LogP contribution >= 0.6 is 0 Å². The average molecular weight is 370 g/mol. The Hall–Kier alpha value is -2.82. The maximum absolute atomic E-state index is 12.7. The number of ether oxygens (including phenoxy) is 3. The van der Waals surface area contributed by atoms with E-state index in [4.69, 9.17) is 14.2 Å². The van der Waals surface area contributed by atoms with Crippen LogP contribution in [0.2, 0.25) is 0 Å². The van der Waals surface area contributed by atoms with Gasteiger partial charge in [-0.1, -0.05) is 38.1 Å². The molecule has 2 aromatic carbocycles. The molecule has 0 saturated carbocycles. The topological polar surface area (TPSA) is 61.8 Å². The Kier molecular flexibility index (Phi) is 7.41. The summed E-state index contributed by atoms with van der Waals surface area (Å²) in [5.41, 5.74) is 1.54. The normalized spacial score (nSPS) is 12.7. The molecule has 0 N–H and O–H groups in total. The van der Waals surface area contributed by atoms with E-state index in [1.54, 1.807) is 26.4 Å². The van der Waals surface area contributed by atoms with Gasteiger partial charge in [-0.3, -0.25) is 9.59 Å². The molecule has 2 aromatic rings. The average Bonchev–Trinajstić information content (AvgIpc) is 2.69. The lowest BCUT2D eigenvalue weighted by Gasteiger charge is -2.18. The maximum Gasteiger partial charge on any atom is 0.321 e. The van der Waals surface area contributed by atoms with Crippen LogP contribution in [0.1, 0.15) is 49.7 Å².